The molecule has 1 unspecified atom stereocenters. The van der Waals surface area contributed by atoms with Crippen LogP contribution in [0.5, 0.6) is 0 Å². The number of hydrazine groups is 1. The second-order valence-electron chi connectivity index (χ2n) is 10.2. The molecule has 2 aromatic carbocycles. The third-order valence-electron chi connectivity index (χ3n) is 6.48. The summed E-state index contributed by atoms with van der Waals surface area (Å²) in [4.78, 5) is 27.8. The number of hydrogen-bond acceptors (Lipinski definition) is 6. The lowest BCUT2D eigenvalue weighted by Crippen LogP contribution is -2.63. The highest BCUT2D eigenvalue weighted by atomic mass is 35.5. The molecule has 2 amide bonds. The van der Waals surface area contributed by atoms with E-state index < -0.39 is 21.7 Å². The summed E-state index contributed by atoms with van der Waals surface area (Å²) in [5.74, 6) is -0.338. The third kappa shape index (κ3) is 5.61. The first-order valence-corrected chi connectivity index (χ1v) is 13.9. The number of carbonyl (C=O) groups is 2. The van der Waals surface area contributed by atoms with Gasteiger partial charge in [-0.1, -0.05) is 23.7 Å². The molecule has 2 fully saturated rings. The molecule has 2 aromatic rings. The van der Waals surface area contributed by atoms with Crippen LogP contribution >= 0.6 is 11.6 Å². The van der Waals surface area contributed by atoms with Crippen molar-refractivity contribution >= 4 is 44.4 Å². The molecule has 1 atom stereocenters. The van der Waals surface area contributed by atoms with Crippen LogP contribution in [-0.2, 0) is 19.6 Å². The first-order chi connectivity index (χ1) is 16.9. The van der Waals surface area contributed by atoms with Crippen LogP contribution in [0.1, 0.15) is 40.0 Å². The van der Waals surface area contributed by atoms with Gasteiger partial charge in [-0.2, -0.15) is 9.31 Å². The van der Waals surface area contributed by atoms with Crippen molar-refractivity contribution in [2.45, 2.75) is 56.7 Å². The molecule has 4 rings (SSSR count). The van der Waals surface area contributed by atoms with Gasteiger partial charge in [0, 0.05) is 25.2 Å². The minimum atomic E-state index is -3.87. The van der Waals surface area contributed by atoms with Crippen molar-refractivity contribution in [2.75, 3.05) is 33.2 Å². The molecule has 0 spiro atoms. The van der Waals surface area contributed by atoms with E-state index in [-0.39, 0.29) is 36.6 Å². The second kappa shape index (κ2) is 10.2. The van der Waals surface area contributed by atoms with Crippen LogP contribution in [-0.4, -0.2) is 84.6 Å². The van der Waals surface area contributed by atoms with Gasteiger partial charge in [-0.25, -0.2) is 13.2 Å². The highest BCUT2D eigenvalue weighted by Gasteiger charge is 2.39. The molecule has 0 radical (unpaired) electrons. The lowest BCUT2D eigenvalue weighted by Gasteiger charge is -2.47. The Balaban J connectivity index is 1.48. The molecule has 2 aliphatic rings. The van der Waals surface area contributed by atoms with Gasteiger partial charge in [-0.3, -0.25) is 14.7 Å². The average molecular weight is 537 g/mol. The molecule has 0 N–H and O–H groups in total. The molecule has 11 heteroatoms. The molecule has 196 valence electrons. The van der Waals surface area contributed by atoms with Crippen molar-refractivity contribution < 1.29 is 22.7 Å². The van der Waals surface area contributed by atoms with E-state index in [9.17, 15) is 18.0 Å². The number of amides is 2. The summed E-state index contributed by atoms with van der Waals surface area (Å²) >= 11 is 6.03. The van der Waals surface area contributed by atoms with Crippen LogP contribution in [0.25, 0.3) is 10.8 Å². The molecule has 9 nitrogen and oxygen atoms in total. The number of carbonyl (C=O) groups excluding carboxylic acids is 2. The number of sulfonamides is 1. The van der Waals surface area contributed by atoms with E-state index in [0.717, 1.165) is 23.6 Å². The second-order valence-corrected chi connectivity index (χ2v) is 12.6. The Morgan fingerprint density at radius 3 is 2.44 bits per heavy atom. The van der Waals surface area contributed by atoms with Crippen molar-refractivity contribution in [3.8, 4) is 0 Å². The zero-order chi connectivity index (χ0) is 26.3. The maximum absolute atomic E-state index is 13.3. The van der Waals surface area contributed by atoms with Crippen molar-refractivity contribution in [2.24, 2.45) is 0 Å². The van der Waals surface area contributed by atoms with E-state index in [1.54, 1.807) is 52.3 Å². The predicted molar refractivity (Wildman–Crippen MR) is 138 cm³/mol. The smallest absolute Gasteiger partial charge is 0.411 e. The first kappa shape index (κ1) is 26.7. The highest BCUT2D eigenvalue weighted by molar-refractivity contribution is 7.89. The van der Waals surface area contributed by atoms with Crippen LogP contribution in [0.4, 0.5) is 4.79 Å². The first-order valence-electron chi connectivity index (χ1n) is 12.1. The summed E-state index contributed by atoms with van der Waals surface area (Å²) in [6.45, 7) is 6.07. The maximum atomic E-state index is 13.3. The number of benzene rings is 2. The Labute approximate surface area is 217 Å². The van der Waals surface area contributed by atoms with Crippen LogP contribution < -0.4 is 0 Å². The SMILES string of the molecule is CN(C1CCCCN1C(=O)OC(C)(C)C)N1CCN(S(=O)(=O)c2ccc3cc(Cl)ccc3c2)CC1=O. The number of fused-ring (bicyclic) bond motifs is 1. The van der Waals surface area contributed by atoms with E-state index in [1.165, 1.54) is 10.4 Å². The van der Waals surface area contributed by atoms with Crippen LogP contribution in [0.15, 0.2) is 41.3 Å². The molecule has 0 saturated carbocycles. The number of hydrogen-bond donors (Lipinski definition) is 0. The number of piperidine rings is 1. The van der Waals surface area contributed by atoms with E-state index in [1.807, 2.05) is 20.8 Å². The Kier molecular flexibility index (Phi) is 7.52. The van der Waals surface area contributed by atoms with Crippen molar-refractivity contribution in [3.05, 3.63) is 41.4 Å². The number of piperazine rings is 1. The van der Waals surface area contributed by atoms with Crippen LogP contribution in [0, 0.1) is 0 Å². The Hall–Kier alpha value is -2.40. The molecular formula is C25H33ClN4O5S. The minimum absolute atomic E-state index is 0.135. The summed E-state index contributed by atoms with van der Waals surface area (Å²) in [6.07, 6.45) is 1.73. The van der Waals surface area contributed by atoms with Crippen LogP contribution in [0.2, 0.25) is 5.02 Å². The minimum Gasteiger partial charge on any atom is -0.444 e. The number of rotatable bonds is 4. The average Bonchev–Trinajstić information content (AvgIpc) is 2.82. The summed E-state index contributed by atoms with van der Waals surface area (Å²) in [5.41, 5.74) is -0.623. The highest BCUT2D eigenvalue weighted by Crippen LogP contribution is 2.27. The van der Waals surface area contributed by atoms with Gasteiger partial charge < -0.3 is 4.74 Å². The number of ether oxygens (including phenoxy) is 1. The van der Waals surface area contributed by atoms with Crippen molar-refractivity contribution in [1.82, 2.24) is 19.2 Å². The Bertz CT molecular complexity index is 1260. The summed E-state index contributed by atoms with van der Waals surface area (Å²) in [7, 11) is -2.10. The molecule has 2 aliphatic heterocycles. The molecule has 0 aliphatic carbocycles. The van der Waals surface area contributed by atoms with Gasteiger partial charge in [0.25, 0.3) is 5.91 Å². The van der Waals surface area contributed by atoms with Gasteiger partial charge >= 0.3 is 6.09 Å². The van der Waals surface area contributed by atoms with Gasteiger partial charge in [0.05, 0.1) is 18.0 Å². The third-order valence-corrected chi connectivity index (χ3v) is 8.56. The lowest BCUT2D eigenvalue weighted by atomic mass is 10.1. The van der Waals surface area contributed by atoms with Crippen molar-refractivity contribution in [1.29, 1.82) is 0 Å². The monoisotopic (exact) mass is 536 g/mol. The fourth-order valence-corrected chi connectivity index (χ4v) is 6.28. The number of halogens is 1. The topological polar surface area (TPSA) is 90.5 Å². The van der Waals surface area contributed by atoms with Crippen LogP contribution in [0.3, 0.4) is 0 Å². The van der Waals surface area contributed by atoms with Gasteiger partial charge in [-0.05, 0) is 75.1 Å². The Morgan fingerprint density at radius 1 is 1.06 bits per heavy atom. The largest absolute Gasteiger partial charge is 0.444 e. The summed E-state index contributed by atoms with van der Waals surface area (Å²) in [5, 5.41) is 5.47. The number of likely N-dealkylation sites (tertiary alicyclic amines) is 1. The maximum Gasteiger partial charge on any atom is 0.411 e. The predicted octanol–water partition coefficient (Wildman–Crippen LogP) is 3.92. The fourth-order valence-electron chi connectivity index (χ4n) is 4.68. The molecule has 36 heavy (non-hydrogen) atoms. The lowest BCUT2D eigenvalue weighted by molar-refractivity contribution is -0.165. The molecule has 2 saturated heterocycles. The van der Waals surface area contributed by atoms with E-state index in [0.29, 0.717) is 18.0 Å². The standard InChI is InChI=1S/C25H33ClN4O5S/c1-25(2,3)35-24(32)29-12-6-5-7-22(29)27(4)30-14-13-28(17-23(30)31)36(33,34)21-11-9-18-15-20(26)10-8-19(18)16-21/h8-11,15-16,22H,5-7,12-14,17H2,1-4H3. The summed E-state index contributed by atoms with van der Waals surface area (Å²) < 4.78 is 33.5. The quantitative estimate of drug-likeness (QED) is 0.588. The normalized spacial score (nSPS) is 20.3. The number of nitrogens with zero attached hydrogens (tertiary/aromatic N) is 4. The van der Waals surface area contributed by atoms with Gasteiger partial charge in [0.15, 0.2) is 0 Å². The zero-order valence-electron chi connectivity index (χ0n) is 21.1. The molecule has 0 bridgehead atoms. The van der Waals surface area contributed by atoms with E-state index >= 15 is 0 Å². The van der Waals surface area contributed by atoms with Gasteiger partial charge in [-0.15, -0.1) is 0 Å². The summed E-state index contributed by atoms with van der Waals surface area (Å²) in [6, 6.07) is 10.1. The van der Waals surface area contributed by atoms with E-state index in [2.05, 4.69) is 0 Å². The molecule has 2 heterocycles. The fraction of sp³-hybridized carbons (Fsp3) is 0.520. The Morgan fingerprint density at radius 2 is 1.75 bits per heavy atom. The van der Waals surface area contributed by atoms with Gasteiger partial charge in [0.2, 0.25) is 10.0 Å². The van der Waals surface area contributed by atoms with E-state index in [4.69, 9.17) is 16.3 Å². The van der Waals surface area contributed by atoms with Gasteiger partial charge in [0.1, 0.15) is 11.8 Å². The molecular weight excluding hydrogens is 504 g/mol. The molecule has 0 aromatic heterocycles. The van der Waals surface area contributed by atoms with Crippen molar-refractivity contribution in [3.63, 3.8) is 0 Å². The zero-order valence-corrected chi connectivity index (χ0v) is 22.7.